The monoisotopic (exact) mass is 367 g/mol. The zero-order chi connectivity index (χ0) is 18.7. The Morgan fingerprint density at radius 3 is 2.82 bits per heavy atom. The van der Waals surface area contributed by atoms with E-state index in [2.05, 4.69) is 33.8 Å². The van der Waals surface area contributed by atoms with Gasteiger partial charge >= 0.3 is 0 Å². The molecule has 0 N–H and O–H groups in total. The first kappa shape index (κ1) is 15.5. The molecule has 0 fully saturated rings. The predicted molar refractivity (Wildman–Crippen MR) is 110 cm³/mol. The van der Waals surface area contributed by atoms with E-state index in [0.29, 0.717) is 13.0 Å². The molecule has 0 aliphatic carbocycles. The van der Waals surface area contributed by atoms with Crippen molar-refractivity contribution in [2.45, 2.75) is 13.0 Å². The Kier molecular flexibility index (Phi) is 3.14. The highest BCUT2D eigenvalue weighted by atomic mass is 16.3. The summed E-state index contributed by atoms with van der Waals surface area (Å²) in [4.78, 5) is 19.6. The molecule has 5 aromatic rings. The van der Waals surface area contributed by atoms with Gasteiger partial charge in [0.15, 0.2) is 0 Å². The van der Waals surface area contributed by atoms with Crippen LogP contribution in [0.25, 0.3) is 32.8 Å². The van der Waals surface area contributed by atoms with Crippen LogP contribution >= 0.6 is 0 Å². The molecule has 0 atom stereocenters. The van der Waals surface area contributed by atoms with Gasteiger partial charge < -0.3 is 8.98 Å². The van der Waals surface area contributed by atoms with Crippen molar-refractivity contribution in [1.29, 1.82) is 0 Å². The Morgan fingerprint density at radius 2 is 1.86 bits per heavy atom. The minimum Gasteiger partial charge on any atom is -0.464 e. The number of para-hydroxylation sites is 2. The van der Waals surface area contributed by atoms with Crippen LogP contribution in [0.3, 0.4) is 0 Å². The minimum absolute atomic E-state index is 0.0460. The SMILES string of the molecule is O=C(Cc1coc2ccc3ccccc3c12)N1CCn2c1nc1ccccc12. The van der Waals surface area contributed by atoms with Crippen molar-refractivity contribution in [3.8, 4) is 0 Å². The van der Waals surface area contributed by atoms with Crippen molar-refractivity contribution in [2.24, 2.45) is 0 Å². The second kappa shape index (κ2) is 5.70. The first-order valence-electron chi connectivity index (χ1n) is 9.43. The van der Waals surface area contributed by atoms with Crippen molar-refractivity contribution < 1.29 is 9.21 Å². The molecule has 5 heteroatoms. The van der Waals surface area contributed by atoms with Gasteiger partial charge in [-0.1, -0.05) is 42.5 Å². The van der Waals surface area contributed by atoms with E-state index in [-0.39, 0.29) is 5.91 Å². The highest BCUT2D eigenvalue weighted by Crippen LogP contribution is 2.32. The number of carbonyl (C=O) groups is 1. The average molecular weight is 367 g/mol. The Labute approximate surface area is 160 Å². The van der Waals surface area contributed by atoms with E-state index in [9.17, 15) is 4.79 Å². The average Bonchev–Trinajstić information content (AvgIpc) is 3.41. The second-order valence-electron chi connectivity index (χ2n) is 7.20. The number of amides is 1. The van der Waals surface area contributed by atoms with Crippen molar-refractivity contribution in [2.75, 3.05) is 11.4 Å². The molecule has 1 aliphatic heterocycles. The molecule has 3 heterocycles. The molecule has 136 valence electrons. The first-order valence-corrected chi connectivity index (χ1v) is 9.43. The fourth-order valence-electron chi connectivity index (χ4n) is 4.29. The third kappa shape index (κ3) is 2.13. The molecular weight excluding hydrogens is 350 g/mol. The van der Waals surface area contributed by atoms with Crippen molar-refractivity contribution in [3.05, 3.63) is 72.5 Å². The van der Waals surface area contributed by atoms with E-state index in [0.717, 1.165) is 50.8 Å². The van der Waals surface area contributed by atoms with Gasteiger partial charge in [0.1, 0.15) is 5.58 Å². The highest BCUT2D eigenvalue weighted by molar-refractivity contribution is 6.09. The van der Waals surface area contributed by atoms with Crippen molar-refractivity contribution >= 4 is 44.6 Å². The summed E-state index contributed by atoms with van der Waals surface area (Å²) >= 11 is 0. The maximum atomic E-state index is 13.2. The molecule has 1 aliphatic rings. The van der Waals surface area contributed by atoms with Crippen LogP contribution in [0.5, 0.6) is 0 Å². The van der Waals surface area contributed by atoms with Crippen LogP contribution in [0.1, 0.15) is 5.56 Å². The van der Waals surface area contributed by atoms with Gasteiger partial charge in [-0.2, -0.15) is 0 Å². The van der Waals surface area contributed by atoms with E-state index in [4.69, 9.17) is 4.42 Å². The fourth-order valence-corrected chi connectivity index (χ4v) is 4.29. The van der Waals surface area contributed by atoms with Gasteiger partial charge in [0.25, 0.3) is 0 Å². The molecule has 5 nitrogen and oxygen atoms in total. The third-order valence-corrected chi connectivity index (χ3v) is 5.61. The van der Waals surface area contributed by atoms with E-state index in [1.54, 1.807) is 11.2 Å². The summed E-state index contributed by atoms with van der Waals surface area (Å²) in [6, 6.07) is 20.2. The Bertz CT molecular complexity index is 1380. The second-order valence-corrected chi connectivity index (χ2v) is 7.20. The molecule has 0 unspecified atom stereocenters. The third-order valence-electron chi connectivity index (χ3n) is 5.61. The Morgan fingerprint density at radius 1 is 1.00 bits per heavy atom. The molecule has 3 aromatic carbocycles. The molecule has 0 saturated heterocycles. The summed E-state index contributed by atoms with van der Waals surface area (Å²) in [5.74, 6) is 0.786. The number of imidazole rings is 1. The van der Waals surface area contributed by atoms with E-state index >= 15 is 0 Å². The van der Waals surface area contributed by atoms with Crippen LogP contribution in [-0.4, -0.2) is 22.0 Å². The highest BCUT2D eigenvalue weighted by Gasteiger charge is 2.29. The number of furan rings is 1. The summed E-state index contributed by atoms with van der Waals surface area (Å²) in [5.41, 5.74) is 3.74. The van der Waals surface area contributed by atoms with Gasteiger partial charge in [0.2, 0.25) is 11.9 Å². The number of anilines is 1. The quantitative estimate of drug-likeness (QED) is 0.461. The largest absolute Gasteiger partial charge is 0.464 e. The van der Waals surface area contributed by atoms with Gasteiger partial charge in [-0.05, 0) is 29.0 Å². The molecule has 6 rings (SSSR count). The lowest BCUT2D eigenvalue weighted by molar-refractivity contribution is -0.117. The van der Waals surface area contributed by atoms with Gasteiger partial charge in [-0.3, -0.25) is 9.69 Å². The lowest BCUT2D eigenvalue weighted by Crippen LogP contribution is -2.30. The summed E-state index contributed by atoms with van der Waals surface area (Å²) in [5, 5.41) is 3.29. The number of hydrogen-bond acceptors (Lipinski definition) is 3. The topological polar surface area (TPSA) is 51.3 Å². The van der Waals surface area contributed by atoms with Crippen LogP contribution in [0.15, 0.2) is 71.3 Å². The van der Waals surface area contributed by atoms with E-state index in [1.807, 2.05) is 36.4 Å². The molecule has 0 saturated carbocycles. The lowest BCUT2D eigenvalue weighted by atomic mass is 10.0. The smallest absolute Gasteiger partial charge is 0.233 e. The van der Waals surface area contributed by atoms with Gasteiger partial charge in [-0.15, -0.1) is 0 Å². The number of nitrogens with zero attached hydrogens (tertiary/aromatic N) is 3. The minimum atomic E-state index is 0.0460. The van der Waals surface area contributed by atoms with Crippen LogP contribution in [0.4, 0.5) is 5.95 Å². The lowest BCUT2D eigenvalue weighted by Gasteiger charge is -2.13. The van der Waals surface area contributed by atoms with Gasteiger partial charge in [0, 0.05) is 24.0 Å². The number of benzene rings is 3. The van der Waals surface area contributed by atoms with Gasteiger partial charge in [-0.25, -0.2) is 4.98 Å². The molecular formula is C23H17N3O2. The van der Waals surface area contributed by atoms with Gasteiger partial charge in [0.05, 0.1) is 23.7 Å². The molecule has 2 aromatic heterocycles. The van der Waals surface area contributed by atoms with Crippen molar-refractivity contribution in [3.63, 3.8) is 0 Å². The summed E-state index contributed by atoms with van der Waals surface area (Å²) in [7, 11) is 0. The fraction of sp³-hybridized carbons (Fsp3) is 0.130. The van der Waals surface area contributed by atoms with Crippen LogP contribution < -0.4 is 4.90 Å². The summed E-state index contributed by atoms with van der Waals surface area (Å²) < 4.78 is 7.87. The molecule has 0 spiro atoms. The summed E-state index contributed by atoms with van der Waals surface area (Å²) in [6.45, 7) is 1.43. The molecule has 28 heavy (non-hydrogen) atoms. The first-order chi connectivity index (χ1) is 13.8. The predicted octanol–water partition coefficient (Wildman–Crippen LogP) is 4.53. The number of aromatic nitrogens is 2. The van der Waals surface area contributed by atoms with E-state index < -0.39 is 0 Å². The maximum absolute atomic E-state index is 13.2. The maximum Gasteiger partial charge on any atom is 0.233 e. The number of carbonyl (C=O) groups excluding carboxylic acids is 1. The normalized spacial score (nSPS) is 13.6. The zero-order valence-corrected chi connectivity index (χ0v) is 15.1. The molecule has 1 amide bonds. The van der Waals surface area contributed by atoms with Crippen molar-refractivity contribution in [1.82, 2.24) is 9.55 Å². The Balaban J connectivity index is 1.40. The number of hydrogen-bond donors (Lipinski definition) is 0. The summed E-state index contributed by atoms with van der Waals surface area (Å²) in [6.07, 6.45) is 2.01. The zero-order valence-electron chi connectivity index (χ0n) is 15.1. The standard InChI is InChI=1S/C23H17N3O2/c27-21(26-12-11-25-19-8-4-3-7-18(19)24-23(25)26)13-16-14-28-20-10-9-15-5-1-2-6-17(15)22(16)20/h1-10,14H,11-13H2. The Hall–Kier alpha value is -3.60. The van der Waals surface area contributed by atoms with Crippen LogP contribution in [0, 0.1) is 0 Å². The molecule has 0 radical (unpaired) electrons. The number of fused-ring (bicyclic) bond motifs is 6. The van der Waals surface area contributed by atoms with E-state index in [1.165, 1.54) is 0 Å². The van der Waals surface area contributed by atoms with Crippen LogP contribution in [-0.2, 0) is 17.8 Å². The molecule has 0 bridgehead atoms. The van der Waals surface area contributed by atoms with Crippen LogP contribution in [0.2, 0.25) is 0 Å². The number of rotatable bonds is 2.